The maximum Gasteiger partial charge on any atom is 0.344 e. The van der Waals surface area contributed by atoms with Crippen molar-refractivity contribution in [2.45, 2.75) is 0 Å². The third kappa shape index (κ3) is 4.47. The average Bonchev–Trinajstić information content (AvgIpc) is 3.21. The van der Waals surface area contributed by atoms with Crippen molar-refractivity contribution in [2.75, 3.05) is 0 Å². The number of furan rings is 1. The van der Waals surface area contributed by atoms with E-state index in [1.165, 1.54) is 12.3 Å². The van der Waals surface area contributed by atoms with Gasteiger partial charge in [-0.1, -0.05) is 36.4 Å². The van der Waals surface area contributed by atoms with E-state index in [0.29, 0.717) is 16.0 Å². The first kappa shape index (κ1) is 19.6. The number of hydrogen-bond acceptors (Lipinski definition) is 5. The van der Waals surface area contributed by atoms with Gasteiger partial charge in [0.2, 0.25) is 0 Å². The molecule has 0 unspecified atom stereocenters. The van der Waals surface area contributed by atoms with Crippen LogP contribution in [0.2, 0.25) is 0 Å². The number of ether oxygens (including phenoxy) is 1. The number of rotatable bonds is 5. The van der Waals surface area contributed by atoms with E-state index in [1.54, 1.807) is 36.4 Å². The lowest BCUT2D eigenvalue weighted by atomic mass is 10.0. The standard InChI is InChI=1S/C23H15BrN2O4/c24-21-13-12-20(30-21)22(27)26-25-14-15-8-10-17(11-9-15)29-23(28)19-7-3-5-16-4-1-2-6-18(16)19/h1-14H,(H,26,27). The van der Waals surface area contributed by atoms with E-state index in [9.17, 15) is 9.59 Å². The first-order valence-corrected chi connectivity index (χ1v) is 9.78. The minimum Gasteiger partial charge on any atom is -0.444 e. The van der Waals surface area contributed by atoms with Crippen molar-refractivity contribution in [1.29, 1.82) is 0 Å². The van der Waals surface area contributed by atoms with Gasteiger partial charge in [0.25, 0.3) is 0 Å². The Labute approximate surface area is 180 Å². The molecule has 0 saturated heterocycles. The van der Waals surface area contributed by atoms with Crippen LogP contribution in [0.1, 0.15) is 26.5 Å². The molecule has 6 nitrogen and oxygen atoms in total. The van der Waals surface area contributed by atoms with Crippen LogP contribution in [0.15, 0.2) is 93.1 Å². The zero-order chi connectivity index (χ0) is 20.9. The SMILES string of the molecule is O=C(NN=Cc1ccc(OC(=O)c2cccc3ccccc23)cc1)c1ccc(Br)o1. The van der Waals surface area contributed by atoms with Crippen LogP contribution < -0.4 is 10.2 Å². The van der Waals surface area contributed by atoms with Gasteiger partial charge in [0, 0.05) is 0 Å². The summed E-state index contributed by atoms with van der Waals surface area (Å²) < 4.78 is 11.1. The first-order valence-electron chi connectivity index (χ1n) is 8.99. The van der Waals surface area contributed by atoms with Gasteiger partial charge in [-0.25, -0.2) is 10.2 Å². The largest absolute Gasteiger partial charge is 0.444 e. The van der Waals surface area contributed by atoms with Gasteiger partial charge in [-0.05, 0) is 74.7 Å². The molecule has 0 aliphatic rings. The monoisotopic (exact) mass is 462 g/mol. The summed E-state index contributed by atoms with van der Waals surface area (Å²) in [6.45, 7) is 0. The van der Waals surface area contributed by atoms with Crippen LogP contribution in [0.25, 0.3) is 10.8 Å². The van der Waals surface area contributed by atoms with Gasteiger partial charge in [-0.3, -0.25) is 4.79 Å². The van der Waals surface area contributed by atoms with Crippen molar-refractivity contribution in [1.82, 2.24) is 5.43 Å². The van der Waals surface area contributed by atoms with Gasteiger partial charge in [0.1, 0.15) is 5.75 Å². The molecular formula is C23H15BrN2O4. The molecule has 30 heavy (non-hydrogen) atoms. The summed E-state index contributed by atoms with van der Waals surface area (Å²) in [6, 6.07) is 23.1. The second-order valence-electron chi connectivity index (χ2n) is 6.29. The predicted molar refractivity (Wildman–Crippen MR) is 117 cm³/mol. The van der Waals surface area contributed by atoms with E-state index in [2.05, 4.69) is 26.5 Å². The molecular weight excluding hydrogens is 448 g/mol. The summed E-state index contributed by atoms with van der Waals surface area (Å²) in [6.07, 6.45) is 1.48. The summed E-state index contributed by atoms with van der Waals surface area (Å²) in [5, 5.41) is 5.71. The van der Waals surface area contributed by atoms with Crippen LogP contribution >= 0.6 is 15.9 Å². The number of fused-ring (bicyclic) bond motifs is 1. The molecule has 1 aromatic heterocycles. The molecule has 0 saturated carbocycles. The lowest BCUT2D eigenvalue weighted by Gasteiger charge is -2.07. The fraction of sp³-hybridized carbons (Fsp3) is 0. The zero-order valence-electron chi connectivity index (χ0n) is 15.5. The summed E-state index contributed by atoms with van der Waals surface area (Å²) >= 11 is 3.13. The number of nitrogens with zero attached hydrogens (tertiary/aromatic N) is 1. The third-order valence-corrected chi connectivity index (χ3v) is 4.70. The molecule has 1 amide bonds. The molecule has 0 radical (unpaired) electrons. The Morgan fingerprint density at radius 2 is 1.70 bits per heavy atom. The second kappa shape index (κ2) is 8.75. The Hall–Kier alpha value is -3.71. The molecule has 0 aliphatic heterocycles. The van der Waals surface area contributed by atoms with Crippen molar-refractivity contribution < 1.29 is 18.7 Å². The number of hydrazone groups is 1. The van der Waals surface area contributed by atoms with E-state index in [4.69, 9.17) is 9.15 Å². The van der Waals surface area contributed by atoms with Crippen LogP contribution in [0.4, 0.5) is 0 Å². The first-order chi connectivity index (χ1) is 14.6. The van der Waals surface area contributed by atoms with Crippen LogP contribution in [0.5, 0.6) is 5.75 Å². The Morgan fingerprint density at radius 3 is 2.47 bits per heavy atom. The Morgan fingerprint density at radius 1 is 0.933 bits per heavy atom. The summed E-state index contributed by atoms with van der Waals surface area (Å²) in [5.74, 6) is -0.327. The minimum absolute atomic E-state index is 0.148. The zero-order valence-corrected chi connectivity index (χ0v) is 17.1. The Bertz CT molecular complexity index is 1240. The molecule has 3 aromatic carbocycles. The molecule has 0 aliphatic carbocycles. The van der Waals surface area contributed by atoms with Crippen LogP contribution in [0, 0.1) is 0 Å². The topological polar surface area (TPSA) is 80.9 Å². The maximum absolute atomic E-state index is 12.6. The van der Waals surface area contributed by atoms with Crippen molar-refractivity contribution in [3.8, 4) is 5.75 Å². The molecule has 7 heteroatoms. The number of halogens is 1. The van der Waals surface area contributed by atoms with Crippen molar-refractivity contribution in [2.24, 2.45) is 5.10 Å². The van der Waals surface area contributed by atoms with E-state index in [1.807, 2.05) is 36.4 Å². The number of carbonyl (C=O) groups excluding carboxylic acids is 2. The van der Waals surface area contributed by atoms with Gasteiger partial charge in [0.15, 0.2) is 10.4 Å². The van der Waals surface area contributed by atoms with Crippen molar-refractivity contribution in [3.63, 3.8) is 0 Å². The van der Waals surface area contributed by atoms with Gasteiger partial charge in [-0.2, -0.15) is 5.10 Å². The molecule has 148 valence electrons. The van der Waals surface area contributed by atoms with Crippen LogP contribution in [0.3, 0.4) is 0 Å². The molecule has 0 fully saturated rings. The average molecular weight is 463 g/mol. The molecule has 0 atom stereocenters. The number of amides is 1. The van der Waals surface area contributed by atoms with E-state index in [0.717, 1.165) is 16.3 Å². The lowest BCUT2D eigenvalue weighted by Crippen LogP contribution is -2.16. The van der Waals surface area contributed by atoms with Crippen molar-refractivity contribution >= 4 is 44.8 Å². The molecule has 4 rings (SSSR count). The van der Waals surface area contributed by atoms with E-state index in [-0.39, 0.29) is 5.76 Å². The fourth-order valence-electron chi connectivity index (χ4n) is 2.84. The highest BCUT2D eigenvalue weighted by atomic mass is 79.9. The van der Waals surface area contributed by atoms with E-state index < -0.39 is 11.9 Å². The Balaban J connectivity index is 1.39. The number of carbonyl (C=O) groups is 2. The highest BCUT2D eigenvalue weighted by Crippen LogP contribution is 2.21. The second-order valence-corrected chi connectivity index (χ2v) is 7.07. The highest BCUT2D eigenvalue weighted by Gasteiger charge is 2.12. The molecule has 0 spiro atoms. The maximum atomic E-state index is 12.6. The number of benzene rings is 3. The lowest BCUT2D eigenvalue weighted by molar-refractivity contribution is 0.0736. The molecule has 4 aromatic rings. The number of hydrogen-bond donors (Lipinski definition) is 1. The normalized spacial score (nSPS) is 11.0. The third-order valence-electron chi connectivity index (χ3n) is 4.28. The molecule has 1 N–H and O–H groups in total. The smallest absolute Gasteiger partial charge is 0.344 e. The fourth-order valence-corrected chi connectivity index (χ4v) is 3.15. The van der Waals surface area contributed by atoms with Gasteiger partial charge in [0.05, 0.1) is 11.8 Å². The van der Waals surface area contributed by atoms with Crippen LogP contribution in [-0.2, 0) is 0 Å². The number of nitrogens with one attached hydrogen (secondary N) is 1. The summed E-state index contributed by atoms with van der Waals surface area (Å²) in [5.41, 5.74) is 3.61. The van der Waals surface area contributed by atoms with Crippen molar-refractivity contribution in [3.05, 3.63) is 100 Å². The Kier molecular flexibility index (Phi) is 5.72. The number of esters is 1. The minimum atomic E-state index is -0.461. The van der Waals surface area contributed by atoms with Gasteiger partial charge in [-0.15, -0.1) is 0 Å². The van der Waals surface area contributed by atoms with Crippen LogP contribution in [-0.4, -0.2) is 18.1 Å². The predicted octanol–water partition coefficient (Wildman–Crippen LogP) is 5.18. The quantitative estimate of drug-likeness (QED) is 0.192. The summed E-state index contributed by atoms with van der Waals surface area (Å²) in [7, 11) is 0. The van der Waals surface area contributed by atoms with Gasteiger partial charge >= 0.3 is 11.9 Å². The van der Waals surface area contributed by atoms with Gasteiger partial charge < -0.3 is 9.15 Å². The summed E-state index contributed by atoms with van der Waals surface area (Å²) in [4.78, 5) is 24.4. The molecule has 1 heterocycles. The highest BCUT2D eigenvalue weighted by molar-refractivity contribution is 9.10. The van der Waals surface area contributed by atoms with E-state index >= 15 is 0 Å². The molecule has 0 bridgehead atoms.